The summed E-state index contributed by atoms with van der Waals surface area (Å²) in [6.07, 6.45) is -8.53. The van der Waals surface area contributed by atoms with Crippen molar-refractivity contribution in [3.05, 3.63) is 70.0 Å². The summed E-state index contributed by atoms with van der Waals surface area (Å²) in [5, 5.41) is 0. The zero-order valence-corrected chi connectivity index (χ0v) is 24.9. The molecular formula is C31H36F7N3O3. The highest BCUT2D eigenvalue weighted by Gasteiger charge is 2.42. The van der Waals surface area contributed by atoms with Gasteiger partial charge in [-0.3, -0.25) is 9.69 Å². The molecule has 0 saturated carbocycles. The SMILES string of the molecule is COC(=O)N1CCCC(N2CC[C@H](C(=O)N(C)[C@H](C)c3cc(C(F)(F)F)cc(C(F)(F)F)c3)[C@@H](c3ccc(F)cc3C)C2)C1. The van der Waals surface area contributed by atoms with Crippen LogP contribution in [0, 0.1) is 18.7 Å². The second kappa shape index (κ2) is 12.9. The van der Waals surface area contributed by atoms with Crippen LogP contribution in [-0.4, -0.2) is 73.1 Å². The summed E-state index contributed by atoms with van der Waals surface area (Å²) >= 11 is 0. The largest absolute Gasteiger partial charge is 0.453 e. The van der Waals surface area contributed by atoms with Crippen LogP contribution in [0.2, 0.25) is 0 Å². The minimum absolute atomic E-state index is 0.00953. The van der Waals surface area contributed by atoms with Crippen LogP contribution in [0.25, 0.3) is 0 Å². The third-order valence-electron chi connectivity index (χ3n) is 8.96. The number of ether oxygens (including phenoxy) is 1. The van der Waals surface area contributed by atoms with Gasteiger partial charge in [0, 0.05) is 44.6 Å². The summed E-state index contributed by atoms with van der Waals surface area (Å²) in [4.78, 5) is 31.2. The summed E-state index contributed by atoms with van der Waals surface area (Å²) in [5.41, 5.74) is -1.83. The maximum atomic E-state index is 14.0. The fraction of sp³-hybridized carbons (Fsp3) is 0.548. The molecule has 0 aliphatic carbocycles. The van der Waals surface area contributed by atoms with Crippen LogP contribution in [0.15, 0.2) is 36.4 Å². The molecule has 2 aliphatic rings. The lowest BCUT2D eigenvalue weighted by atomic mass is 9.77. The average molecular weight is 632 g/mol. The van der Waals surface area contributed by atoms with Crippen LogP contribution >= 0.6 is 0 Å². The topological polar surface area (TPSA) is 53.1 Å². The molecule has 44 heavy (non-hydrogen) atoms. The number of methoxy groups -OCH3 is 1. The van der Waals surface area contributed by atoms with Gasteiger partial charge in [0.25, 0.3) is 0 Å². The van der Waals surface area contributed by atoms with Crippen molar-refractivity contribution < 1.29 is 45.1 Å². The first-order chi connectivity index (χ1) is 20.5. The number of rotatable bonds is 5. The van der Waals surface area contributed by atoms with Crippen molar-refractivity contribution in [1.29, 1.82) is 0 Å². The maximum Gasteiger partial charge on any atom is 0.416 e. The zero-order valence-electron chi connectivity index (χ0n) is 24.9. The van der Waals surface area contributed by atoms with Crippen molar-refractivity contribution in [3.63, 3.8) is 0 Å². The number of aryl methyl sites for hydroxylation is 1. The smallest absolute Gasteiger partial charge is 0.416 e. The predicted octanol–water partition coefficient (Wildman–Crippen LogP) is 7.03. The highest BCUT2D eigenvalue weighted by Crippen LogP contribution is 2.41. The molecule has 6 nitrogen and oxygen atoms in total. The van der Waals surface area contributed by atoms with Crippen molar-refractivity contribution in [3.8, 4) is 0 Å². The van der Waals surface area contributed by atoms with E-state index in [1.807, 2.05) is 0 Å². The number of nitrogens with zero attached hydrogens (tertiary/aromatic N) is 3. The van der Waals surface area contributed by atoms with Gasteiger partial charge in [-0.2, -0.15) is 26.3 Å². The van der Waals surface area contributed by atoms with E-state index in [1.54, 1.807) is 17.9 Å². The summed E-state index contributed by atoms with van der Waals surface area (Å²) in [5.74, 6) is -1.99. The van der Waals surface area contributed by atoms with E-state index in [0.29, 0.717) is 50.3 Å². The van der Waals surface area contributed by atoms with Crippen molar-refractivity contribution in [1.82, 2.24) is 14.7 Å². The lowest BCUT2D eigenvalue weighted by molar-refractivity contribution is -0.143. The first kappa shape index (κ1) is 33.5. The van der Waals surface area contributed by atoms with Gasteiger partial charge in [0.05, 0.1) is 24.3 Å². The number of piperidine rings is 2. The number of carbonyl (C=O) groups is 2. The molecule has 2 fully saturated rings. The molecule has 0 radical (unpaired) electrons. The third-order valence-corrected chi connectivity index (χ3v) is 8.96. The van der Waals surface area contributed by atoms with Gasteiger partial charge in [-0.05, 0) is 86.7 Å². The number of likely N-dealkylation sites (tertiary alicyclic amines) is 2. The summed E-state index contributed by atoms with van der Waals surface area (Å²) < 4.78 is 100. The molecule has 0 aromatic heterocycles. The molecule has 242 valence electrons. The van der Waals surface area contributed by atoms with E-state index < -0.39 is 59.2 Å². The number of halogens is 7. The van der Waals surface area contributed by atoms with E-state index in [2.05, 4.69) is 4.90 Å². The number of hydrogen-bond acceptors (Lipinski definition) is 4. The predicted molar refractivity (Wildman–Crippen MR) is 148 cm³/mol. The van der Waals surface area contributed by atoms with Crippen molar-refractivity contribution in [2.24, 2.45) is 5.92 Å². The fourth-order valence-corrected chi connectivity index (χ4v) is 6.42. The first-order valence-electron chi connectivity index (χ1n) is 14.4. The van der Waals surface area contributed by atoms with Gasteiger partial charge in [-0.1, -0.05) is 6.07 Å². The maximum absolute atomic E-state index is 14.0. The number of carbonyl (C=O) groups excluding carboxylic acids is 2. The Morgan fingerprint density at radius 1 is 0.955 bits per heavy atom. The van der Waals surface area contributed by atoms with Crippen molar-refractivity contribution >= 4 is 12.0 Å². The normalized spacial score (nSPS) is 22.4. The minimum atomic E-state index is -5.01. The van der Waals surface area contributed by atoms with E-state index in [4.69, 9.17) is 4.74 Å². The fourth-order valence-electron chi connectivity index (χ4n) is 6.42. The van der Waals surface area contributed by atoms with Crippen LogP contribution < -0.4 is 0 Å². The molecule has 2 aromatic rings. The molecule has 2 heterocycles. The van der Waals surface area contributed by atoms with E-state index in [0.717, 1.165) is 18.4 Å². The monoisotopic (exact) mass is 631 g/mol. The Morgan fingerprint density at radius 3 is 2.16 bits per heavy atom. The number of hydrogen-bond donors (Lipinski definition) is 0. The van der Waals surface area contributed by atoms with Crippen LogP contribution in [0.1, 0.15) is 66.0 Å². The number of alkyl halides is 6. The Morgan fingerprint density at radius 2 is 1.59 bits per heavy atom. The van der Waals surface area contributed by atoms with Gasteiger partial charge in [-0.15, -0.1) is 0 Å². The third kappa shape index (κ3) is 7.30. The van der Waals surface area contributed by atoms with Crippen LogP contribution in [-0.2, 0) is 21.9 Å². The molecule has 2 aliphatic heterocycles. The van der Waals surface area contributed by atoms with Gasteiger partial charge in [0.15, 0.2) is 0 Å². The van der Waals surface area contributed by atoms with Crippen LogP contribution in [0.3, 0.4) is 0 Å². The number of benzene rings is 2. The van der Waals surface area contributed by atoms with Gasteiger partial charge in [0.2, 0.25) is 5.91 Å². The first-order valence-corrected chi connectivity index (χ1v) is 14.4. The molecule has 13 heteroatoms. The molecule has 0 spiro atoms. The summed E-state index contributed by atoms with van der Waals surface area (Å²) in [6, 6.07) is 4.52. The lowest BCUT2D eigenvalue weighted by Gasteiger charge is -2.46. The molecule has 2 aromatic carbocycles. The second-order valence-corrected chi connectivity index (χ2v) is 11.7. The highest BCUT2D eigenvalue weighted by atomic mass is 19.4. The summed E-state index contributed by atoms with van der Waals surface area (Å²) in [6.45, 7) is 5.00. The Kier molecular flexibility index (Phi) is 9.87. The lowest BCUT2D eigenvalue weighted by Crippen LogP contribution is -2.54. The minimum Gasteiger partial charge on any atom is -0.453 e. The molecule has 2 amide bonds. The molecule has 2 saturated heterocycles. The highest BCUT2D eigenvalue weighted by molar-refractivity contribution is 5.80. The van der Waals surface area contributed by atoms with Crippen molar-refractivity contribution in [2.45, 2.75) is 63.5 Å². The average Bonchev–Trinajstić information content (AvgIpc) is 2.98. The Bertz CT molecular complexity index is 1330. The van der Waals surface area contributed by atoms with Gasteiger partial charge >= 0.3 is 18.4 Å². The molecule has 0 bridgehead atoms. The Labute approximate surface area is 251 Å². The molecular weight excluding hydrogens is 595 g/mol. The van der Waals surface area contributed by atoms with E-state index in [1.165, 1.54) is 38.1 Å². The Hall–Kier alpha value is -3.35. The van der Waals surface area contributed by atoms with Crippen molar-refractivity contribution in [2.75, 3.05) is 40.3 Å². The van der Waals surface area contributed by atoms with E-state index in [9.17, 15) is 40.3 Å². The molecule has 0 N–H and O–H groups in total. The second-order valence-electron chi connectivity index (χ2n) is 11.7. The van der Waals surface area contributed by atoms with Crippen LogP contribution in [0.4, 0.5) is 35.5 Å². The molecule has 4 atom stereocenters. The Balaban J connectivity index is 1.64. The molecule has 4 rings (SSSR count). The zero-order chi connectivity index (χ0) is 32.6. The van der Waals surface area contributed by atoms with Gasteiger partial charge in [0.1, 0.15) is 5.82 Å². The van der Waals surface area contributed by atoms with Crippen LogP contribution in [0.5, 0.6) is 0 Å². The quantitative estimate of drug-likeness (QED) is 0.333. The molecule has 1 unspecified atom stereocenters. The van der Waals surface area contributed by atoms with Gasteiger partial charge in [-0.25, -0.2) is 9.18 Å². The van der Waals surface area contributed by atoms with E-state index in [-0.39, 0.29) is 17.7 Å². The van der Waals surface area contributed by atoms with E-state index >= 15 is 0 Å². The standard InChI is InChI=1S/C31H36F7N3O3/c1-18-12-23(32)7-8-25(18)27-17-40(24-6-5-10-41(16-24)29(43)44-4)11-9-26(27)28(42)39(3)19(2)20-13-21(30(33,34)35)15-22(14-20)31(36,37)38/h7-8,12-15,19,24,26-27H,5-6,9-11,16-17H2,1-4H3/t19-,24?,26+,27-/m1/s1. The number of amides is 2. The summed E-state index contributed by atoms with van der Waals surface area (Å²) in [7, 11) is 2.69. The van der Waals surface area contributed by atoms with Gasteiger partial charge < -0.3 is 14.5 Å².